The summed E-state index contributed by atoms with van der Waals surface area (Å²) in [5.74, 6) is -0.596. The first-order valence-corrected chi connectivity index (χ1v) is 11.7. The van der Waals surface area contributed by atoms with Gasteiger partial charge < -0.3 is 10.0 Å². The average molecular weight is 470 g/mol. The third-order valence-electron chi connectivity index (χ3n) is 7.42. The molecule has 0 amide bonds. The van der Waals surface area contributed by atoms with Crippen LogP contribution in [0.4, 0.5) is 22.7 Å². The second kappa shape index (κ2) is 8.05. The van der Waals surface area contributed by atoms with Crippen LogP contribution in [0.2, 0.25) is 0 Å². The molecular weight excluding hydrogens is 442 g/mol. The molecule has 1 heterocycles. The molecule has 0 fully saturated rings. The first-order valence-electron chi connectivity index (χ1n) is 11.7. The topological polar surface area (TPSA) is 96.0 Å². The van der Waals surface area contributed by atoms with Crippen LogP contribution in [0.5, 0.6) is 0 Å². The van der Waals surface area contributed by atoms with Gasteiger partial charge in [-0.15, -0.1) is 0 Å². The number of anilines is 2. The van der Waals surface area contributed by atoms with E-state index >= 15 is 0 Å². The number of fused-ring (bicyclic) bond motifs is 3. The molecular formula is C28H27N3O4. The van der Waals surface area contributed by atoms with Gasteiger partial charge in [-0.3, -0.25) is 10.1 Å². The second-order valence-electron chi connectivity index (χ2n) is 10.1. The first kappa shape index (κ1) is 22.8. The van der Waals surface area contributed by atoms with E-state index in [1.807, 2.05) is 11.9 Å². The Morgan fingerprint density at radius 3 is 2.49 bits per heavy atom. The predicted octanol–water partition coefficient (Wildman–Crippen LogP) is 6.72. The van der Waals surface area contributed by atoms with Crippen LogP contribution in [0, 0.1) is 10.1 Å². The maximum absolute atomic E-state index is 11.5. The fraction of sp³-hybridized carbons (Fsp3) is 0.286. The summed E-state index contributed by atoms with van der Waals surface area (Å²) >= 11 is 0. The fourth-order valence-electron chi connectivity index (χ4n) is 5.23. The number of hydrogen-bond donors (Lipinski definition) is 1. The van der Waals surface area contributed by atoms with Gasteiger partial charge in [0.1, 0.15) is 0 Å². The van der Waals surface area contributed by atoms with E-state index in [9.17, 15) is 20.0 Å². The minimum Gasteiger partial charge on any atom is -0.478 e. The third kappa shape index (κ3) is 3.77. The molecule has 1 unspecified atom stereocenters. The molecule has 5 rings (SSSR count). The number of carboxylic acid groups (broad SMARTS) is 1. The van der Waals surface area contributed by atoms with Crippen molar-refractivity contribution in [3.63, 3.8) is 0 Å². The zero-order chi connectivity index (χ0) is 25.1. The minimum atomic E-state index is -0.995. The second-order valence-corrected chi connectivity index (χ2v) is 10.1. The van der Waals surface area contributed by atoms with Crippen molar-refractivity contribution in [3.8, 4) is 0 Å². The lowest BCUT2D eigenvalue weighted by molar-refractivity contribution is -0.384. The number of aliphatic imine (C=N–C) groups is 1. The SMILES string of the molecule is CC1CCC(C)(C)c2cc3c(cc21)C(c1ccc(C(=O)O)cc1)=Nc1cc([N+](=O)[O-])ccc1N3C. The van der Waals surface area contributed by atoms with Gasteiger partial charge in [-0.2, -0.15) is 0 Å². The van der Waals surface area contributed by atoms with Crippen molar-refractivity contribution in [3.05, 3.63) is 92.5 Å². The third-order valence-corrected chi connectivity index (χ3v) is 7.42. The van der Waals surface area contributed by atoms with Gasteiger partial charge in [0, 0.05) is 30.3 Å². The summed E-state index contributed by atoms with van der Waals surface area (Å²) in [5, 5.41) is 20.8. The van der Waals surface area contributed by atoms with E-state index in [1.54, 1.807) is 30.3 Å². The van der Waals surface area contributed by atoms with Crippen molar-refractivity contribution in [2.75, 3.05) is 11.9 Å². The van der Waals surface area contributed by atoms with Crippen LogP contribution in [0.15, 0.2) is 59.6 Å². The Balaban J connectivity index is 1.81. The lowest BCUT2D eigenvalue weighted by atomic mass is 9.68. The van der Waals surface area contributed by atoms with Crippen LogP contribution in [-0.2, 0) is 5.41 Å². The Morgan fingerprint density at radius 1 is 1.11 bits per heavy atom. The average Bonchev–Trinajstić information content (AvgIpc) is 2.95. The van der Waals surface area contributed by atoms with Crippen LogP contribution in [0.1, 0.15) is 72.1 Å². The van der Waals surface area contributed by atoms with Crippen molar-refractivity contribution in [2.24, 2.45) is 4.99 Å². The first-order chi connectivity index (χ1) is 16.6. The van der Waals surface area contributed by atoms with E-state index in [0.717, 1.165) is 35.3 Å². The molecule has 0 radical (unpaired) electrons. The number of nitro benzene ring substituents is 1. The minimum absolute atomic E-state index is 0.0264. The molecule has 1 N–H and O–H groups in total. The fourth-order valence-corrected chi connectivity index (χ4v) is 5.23. The van der Waals surface area contributed by atoms with E-state index in [1.165, 1.54) is 23.3 Å². The van der Waals surface area contributed by atoms with Crippen LogP contribution in [-0.4, -0.2) is 28.8 Å². The molecule has 0 bridgehead atoms. The molecule has 1 aliphatic carbocycles. The summed E-state index contributed by atoms with van der Waals surface area (Å²) in [6.45, 7) is 6.80. The van der Waals surface area contributed by atoms with Crippen LogP contribution in [0.3, 0.4) is 0 Å². The number of non-ortho nitro benzene ring substituents is 1. The highest BCUT2D eigenvalue weighted by Gasteiger charge is 2.34. The van der Waals surface area contributed by atoms with Gasteiger partial charge in [0.15, 0.2) is 0 Å². The zero-order valence-electron chi connectivity index (χ0n) is 20.2. The molecule has 35 heavy (non-hydrogen) atoms. The molecule has 1 aliphatic heterocycles. The molecule has 178 valence electrons. The van der Waals surface area contributed by atoms with Gasteiger partial charge >= 0.3 is 5.97 Å². The largest absolute Gasteiger partial charge is 0.478 e. The van der Waals surface area contributed by atoms with E-state index in [0.29, 0.717) is 17.3 Å². The number of aromatic carboxylic acids is 1. The highest BCUT2D eigenvalue weighted by atomic mass is 16.6. The van der Waals surface area contributed by atoms with Gasteiger partial charge in [0.05, 0.1) is 33.3 Å². The summed E-state index contributed by atoms with van der Waals surface area (Å²) in [4.78, 5) is 29.5. The van der Waals surface area contributed by atoms with Gasteiger partial charge in [-0.1, -0.05) is 32.9 Å². The number of hydrogen-bond acceptors (Lipinski definition) is 5. The van der Waals surface area contributed by atoms with Crippen molar-refractivity contribution in [1.82, 2.24) is 0 Å². The number of rotatable bonds is 3. The smallest absolute Gasteiger partial charge is 0.335 e. The van der Waals surface area contributed by atoms with Crippen molar-refractivity contribution in [1.29, 1.82) is 0 Å². The molecule has 1 atom stereocenters. The number of nitro groups is 1. The predicted molar refractivity (Wildman–Crippen MR) is 137 cm³/mol. The number of benzene rings is 3. The van der Waals surface area contributed by atoms with E-state index < -0.39 is 10.9 Å². The summed E-state index contributed by atoms with van der Waals surface area (Å²) in [6, 6.07) is 15.8. The maximum atomic E-state index is 11.5. The van der Waals surface area contributed by atoms with Crippen molar-refractivity contribution < 1.29 is 14.8 Å². The van der Waals surface area contributed by atoms with Crippen molar-refractivity contribution in [2.45, 2.75) is 44.9 Å². The van der Waals surface area contributed by atoms with Gasteiger partial charge in [-0.25, -0.2) is 9.79 Å². The Kier molecular flexibility index (Phi) is 5.24. The Morgan fingerprint density at radius 2 is 1.83 bits per heavy atom. The standard InChI is InChI=1S/C28H27N3O4/c1-16-11-12-28(2,3)22-15-25-21(14-20(16)22)26(17-5-7-18(8-6-17)27(32)33)29-23-13-19(31(34)35)9-10-24(23)30(25)4/h5-10,13-16H,11-12H2,1-4H3,(H,32,33). The summed E-state index contributed by atoms with van der Waals surface area (Å²) < 4.78 is 0. The number of carboxylic acids is 1. The summed E-state index contributed by atoms with van der Waals surface area (Å²) in [5.41, 5.74) is 7.40. The lowest BCUT2D eigenvalue weighted by Crippen LogP contribution is -2.27. The van der Waals surface area contributed by atoms with Gasteiger partial charge in [-0.05, 0) is 65.6 Å². The lowest BCUT2D eigenvalue weighted by Gasteiger charge is -2.37. The van der Waals surface area contributed by atoms with E-state index in [2.05, 4.69) is 32.9 Å². The van der Waals surface area contributed by atoms with Crippen LogP contribution in [0.25, 0.3) is 0 Å². The number of nitrogens with zero attached hydrogens (tertiary/aromatic N) is 3. The normalized spacial score (nSPS) is 18.0. The maximum Gasteiger partial charge on any atom is 0.335 e. The van der Waals surface area contributed by atoms with Gasteiger partial charge in [0.2, 0.25) is 0 Å². The molecule has 0 saturated heterocycles. The summed E-state index contributed by atoms with van der Waals surface area (Å²) in [6.07, 6.45) is 2.20. The Hall–Kier alpha value is -4.00. The van der Waals surface area contributed by atoms with E-state index in [4.69, 9.17) is 4.99 Å². The highest BCUT2D eigenvalue weighted by Crippen LogP contribution is 2.48. The molecule has 3 aromatic rings. The Labute approximate surface area is 203 Å². The summed E-state index contributed by atoms with van der Waals surface area (Å²) in [7, 11) is 1.96. The quantitative estimate of drug-likeness (QED) is 0.339. The van der Waals surface area contributed by atoms with Crippen LogP contribution >= 0.6 is 0 Å². The monoisotopic (exact) mass is 469 g/mol. The number of carbonyl (C=O) groups is 1. The molecule has 0 saturated carbocycles. The Bertz CT molecular complexity index is 1410. The molecule has 0 spiro atoms. The molecule has 7 heteroatoms. The molecule has 0 aromatic heterocycles. The van der Waals surface area contributed by atoms with Crippen LogP contribution < -0.4 is 4.90 Å². The van der Waals surface area contributed by atoms with Crippen molar-refractivity contribution >= 4 is 34.4 Å². The molecule has 3 aromatic carbocycles. The zero-order valence-corrected chi connectivity index (χ0v) is 20.2. The highest BCUT2D eigenvalue weighted by molar-refractivity contribution is 6.19. The molecule has 2 aliphatic rings. The molecule has 7 nitrogen and oxygen atoms in total. The van der Waals surface area contributed by atoms with E-state index in [-0.39, 0.29) is 16.7 Å². The van der Waals surface area contributed by atoms with Gasteiger partial charge in [0.25, 0.3) is 5.69 Å².